The van der Waals surface area contributed by atoms with Crippen LogP contribution in [0.4, 0.5) is 5.69 Å². The molecule has 4 heteroatoms. The topological polar surface area (TPSA) is 43.8 Å². The Hall–Kier alpha value is -1.55. The summed E-state index contributed by atoms with van der Waals surface area (Å²) in [5.41, 5.74) is 3.31. The highest BCUT2D eigenvalue weighted by Crippen LogP contribution is 2.42. The predicted molar refractivity (Wildman–Crippen MR) is 78.5 cm³/mol. The number of aliphatic hydroxyl groups is 1. The van der Waals surface area contributed by atoms with Gasteiger partial charge in [-0.3, -0.25) is 4.79 Å². The van der Waals surface area contributed by atoms with Gasteiger partial charge in [0.25, 0.3) is 0 Å². The number of anilines is 1. The lowest BCUT2D eigenvalue weighted by Gasteiger charge is -2.40. The van der Waals surface area contributed by atoms with Gasteiger partial charge in [0.2, 0.25) is 6.41 Å². The molecule has 1 heterocycles. The van der Waals surface area contributed by atoms with Gasteiger partial charge in [-0.05, 0) is 31.7 Å². The SMILES string of the molecule is CCN1CCC(N(C=O)C2CC2)c2cccc(CO)c21. The van der Waals surface area contributed by atoms with Gasteiger partial charge in [0, 0.05) is 30.4 Å². The van der Waals surface area contributed by atoms with Crippen LogP contribution in [0.2, 0.25) is 0 Å². The standard InChI is InChI=1S/C16H22N2O2/c1-2-17-9-8-15(18(11-20)13-6-7-13)14-5-3-4-12(10-19)16(14)17/h3-5,11,13,15,19H,2,6-10H2,1H3. The molecule has 108 valence electrons. The molecule has 4 nitrogen and oxygen atoms in total. The fourth-order valence-corrected chi connectivity index (χ4v) is 3.35. The Kier molecular flexibility index (Phi) is 3.66. The van der Waals surface area contributed by atoms with E-state index in [1.54, 1.807) is 0 Å². The molecule has 0 radical (unpaired) electrons. The first-order chi connectivity index (χ1) is 9.80. The average Bonchev–Trinajstić information content (AvgIpc) is 3.32. The maximum absolute atomic E-state index is 11.5. The first kappa shape index (κ1) is 13.4. The van der Waals surface area contributed by atoms with Gasteiger partial charge in [0.1, 0.15) is 0 Å². The predicted octanol–water partition coefficient (Wildman–Crippen LogP) is 2.07. The van der Waals surface area contributed by atoms with E-state index in [9.17, 15) is 9.90 Å². The molecule has 20 heavy (non-hydrogen) atoms. The monoisotopic (exact) mass is 274 g/mol. The molecule has 1 amide bonds. The van der Waals surface area contributed by atoms with E-state index in [-0.39, 0.29) is 12.6 Å². The van der Waals surface area contributed by atoms with Crippen LogP contribution in [0.3, 0.4) is 0 Å². The molecular formula is C16H22N2O2. The lowest BCUT2D eigenvalue weighted by atomic mass is 9.92. The second kappa shape index (κ2) is 5.44. The van der Waals surface area contributed by atoms with Crippen LogP contribution < -0.4 is 4.90 Å². The largest absolute Gasteiger partial charge is 0.392 e. The third-order valence-corrected chi connectivity index (χ3v) is 4.50. The number of amides is 1. The van der Waals surface area contributed by atoms with Crippen LogP contribution in [0.15, 0.2) is 18.2 Å². The number of fused-ring (bicyclic) bond motifs is 1. The zero-order valence-corrected chi connectivity index (χ0v) is 12.0. The average molecular weight is 274 g/mol. The molecule has 0 aromatic heterocycles. The summed E-state index contributed by atoms with van der Waals surface area (Å²) >= 11 is 0. The Bertz CT molecular complexity index is 499. The number of carbonyl (C=O) groups excluding carboxylic acids is 1. The van der Waals surface area contributed by atoms with Gasteiger partial charge in [0.05, 0.1) is 12.6 Å². The zero-order valence-electron chi connectivity index (χ0n) is 12.0. The molecule has 1 saturated carbocycles. The van der Waals surface area contributed by atoms with Crippen LogP contribution in [0, 0.1) is 0 Å². The fraction of sp³-hybridized carbons (Fsp3) is 0.562. The highest BCUT2D eigenvalue weighted by atomic mass is 16.3. The van der Waals surface area contributed by atoms with Crippen LogP contribution in [0.25, 0.3) is 0 Å². The van der Waals surface area contributed by atoms with Gasteiger partial charge < -0.3 is 14.9 Å². The molecule has 1 aromatic rings. The lowest BCUT2D eigenvalue weighted by Crippen LogP contribution is -2.39. The summed E-state index contributed by atoms with van der Waals surface area (Å²) in [4.78, 5) is 15.8. The van der Waals surface area contributed by atoms with Crippen molar-refractivity contribution < 1.29 is 9.90 Å². The Labute approximate surface area is 120 Å². The van der Waals surface area contributed by atoms with Crippen molar-refractivity contribution in [2.45, 2.75) is 44.9 Å². The lowest BCUT2D eigenvalue weighted by molar-refractivity contribution is -0.121. The number of hydrogen-bond acceptors (Lipinski definition) is 3. The molecule has 1 atom stereocenters. The maximum Gasteiger partial charge on any atom is 0.210 e. The van der Waals surface area contributed by atoms with E-state index in [0.29, 0.717) is 6.04 Å². The molecule has 0 saturated heterocycles. The third kappa shape index (κ3) is 2.18. The minimum absolute atomic E-state index is 0.0525. The van der Waals surface area contributed by atoms with Crippen molar-refractivity contribution in [2.24, 2.45) is 0 Å². The van der Waals surface area contributed by atoms with E-state index < -0.39 is 0 Å². The molecule has 2 aliphatic rings. The van der Waals surface area contributed by atoms with Crippen molar-refractivity contribution in [1.29, 1.82) is 0 Å². The van der Waals surface area contributed by atoms with Crippen molar-refractivity contribution in [1.82, 2.24) is 4.90 Å². The Balaban J connectivity index is 2.02. The van der Waals surface area contributed by atoms with E-state index >= 15 is 0 Å². The first-order valence-electron chi connectivity index (χ1n) is 7.50. The molecule has 0 spiro atoms. The number of rotatable bonds is 5. The van der Waals surface area contributed by atoms with Crippen LogP contribution in [-0.2, 0) is 11.4 Å². The quantitative estimate of drug-likeness (QED) is 0.836. The van der Waals surface area contributed by atoms with E-state index in [4.69, 9.17) is 0 Å². The highest BCUT2D eigenvalue weighted by molar-refractivity contribution is 5.64. The molecule has 3 rings (SSSR count). The summed E-state index contributed by atoms with van der Waals surface area (Å²) < 4.78 is 0. The van der Waals surface area contributed by atoms with E-state index in [2.05, 4.69) is 17.9 Å². The van der Waals surface area contributed by atoms with E-state index in [1.165, 1.54) is 5.56 Å². The molecule has 1 aromatic carbocycles. The molecular weight excluding hydrogens is 252 g/mol. The van der Waals surface area contributed by atoms with E-state index in [0.717, 1.165) is 50.0 Å². The van der Waals surface area contributed by atoms with E-state index in [1.807, 2.05) is 17.0 Å². The summed E-state index contributed by atoms with van der Waals surface area (Å²) in [5.74, 6) is 0. The molecule has 1 unspecified atom stereocenters. The third-order valence-electron chi connectivity index (χ3n) is 4.50. The summed E-state index contributed by atoms with van der Waals surface area (Å²) in [5, 5.41) is 9.60. The molecule has 1 N–H and O–H groups in total. The van der Waals surface area contributed by atoms with Crippen molar-refractivity contribution in [3.63, 3.8) is 0 Å². The van der Waals surface area contributed by atoms with Crippen LogP contribution in [-0.4, -0.2) is 35.5 Å². The van der Waals surface area contributed by atoms with Crippen LogP contribution in [0.1, 0.15) is 43.4 Å². The summed E-state index contributed by atoms with van der Waals surface area (Å²) in [6, 6.07) is 6.68. The molecule has 0 bridgehead atoms. The minimum Gasteiger partial charge on any atom is -0.392 e. The highest BCUT2D eigenvalue weighted by Gasteiger charge is 2.37. The summed E-state index contributed by atoms with van der Waals surface area (Å²) in [6.07, 6.45) is 4.24. The first-order valence-corrected chi connectivity index (χ1v) is 7.50. The van der Waals surface area contributed by atoms with Gasteiger partial charge in [-0.25, -0.2) is 0 Å². The molecule has 1 aliphatic heterocycles. The summed E-state index contributed by atoms with van der Waals surface area (Å²) in [6.45, 7) is 4.07. The molecule has 1 aliphatic carbocycles. The van der Waals surface area contributed by atoms with Gasteiger partial charge >= 0.3 is 0 Å². The minimum atomic E-state index is 0.0525. The number of hydrogen-bond donors (Lipinski definition) is 1. The second-order valence-corrected chi connectivity index (χ2v) is 5.68. The van der Waals surface area contributed by atoms with Crippen molar-refractivity contribution in [3.8, 4) is 0 Å². The number of nitrogens with zero attached hydrogens (tertiary/aromatic N) is 2. The number of carbonyl (C=O) groups is 1. The smallest absolute Gasteiger partial charge is 0.210 e. The summed E-state index contributed by atoms with van der Waals surface area (Å²) in [7, 11) is 0. The number of aliphatic hydroxyl groups excluding tert-OH is 1. The van der Waals surface area contributed by atoms with Gasteiger partial charge in [-0.2, -0.15) is 0 Å². The van der Waals surface area contributed by atoms with Crippen LogP contribution in [0.5, 0.6) is 0 Å². The second-order valence-electron chi connectivity index (χ2n) is 5.68. The number of benzene rings is 1. The van der Waals surface area contributed by atoms with Gasteiger partial charge in [0.15, 0.2) is 0 Å². The van der Waals surface area contributed by atoms with Gasteiger partial charge in [-0.1, -0.05) is 18.2 Å². The van der Waals surface area contributed by atoms with Gasteiger partial charge in [-0.15, -0.1) is 0 Å². The Morgan fingerprint density at radius 2 is 2.20 bits per heavy atom. The normalized spacial score (nSPS) is 21.5. The zero-order chi connectivity index (χ0) is 14.1. The number of para-hydroxylation sites is 1. The van der Waals surface area contributed by atoms with Crippen molar-refractivity contribution in [3.05, 3.63) is 29.3 Å². The Morgan fingerprint density at radius 3 is 2.80 bits per heavy atom. The Morgan fingerprint density at radius 1 is 1.40 bits per heavy atom. The maximum atomic E-state index is 11.5. The van der Waals surface area contributed by atoms with Crippen LogP contribution >= 0.6 is 0 Å². The fourth-order valence-electron chi connectivity index (χ4n) is 3.35. The van der Waals surface area contributed by atoms with Crippen molar-refractivity contribution >= 4 is 12.1 Å². The molecule has 1 fully saturated rings. The van der Waals surface area contributed by atoms with Crippen molar-refractivity contribution in [2.75, 3.05) is 18.0 Å².